The molecule has 39 heavy (non-hydrogen) atoms. The molecule has 0 aliphatic heterocycles. The number of rotatable bonds is 11. The number of aryl methyl sites for hydroxylation is 1. The molecule has 3 aromatic rings. The van der Waals surface area contributed by atoms with Gasteiger partial charge in [-0.3, -0.25) is 13.9 Å². The molecule has 0 aromatic heterocycles. The molecule has 0 aliphatic carbocycles. The third-order valence-corrected chi connectivity index (χ3v) is 8.46. The van der Waals surface area contributed by atoms with Crippen LogP contribution in [0.5, 0.6) is 5.75 Å². The number of amides is 2. The van der Waals surface area contributed by atoms with E-state index in [9.17, 15) is 18.0 Å². The number of sulfonamides is 1. The molecule has 0 radical (unpaired) electrons. The molecule has 3 rings (SSSR count). The molecular formula is C28H31Cl2N3O5S. The van der Waals surface area contributed by atoms with E-state index in [1.807, 2.05) is 6.92 Å². The van der Waals surface area contributed by atoms with Gasteiger partial charge in [0.2, 0.25) is 11.8 Å². The molecule has 0 bridgehead atoms. The molecule has 8 nitrogen and oxygen atoms in total. The van der Waals surface area contributed by atoms with Gasteiger partial charge in [-0.05, 0) is 61.4 Å². The van der Waals surface area contributed by atoms with Crippen molar-refractivity contribution in [2.24, 2.45) is 0 Å². The first-order valence-electron chi connectivity index (χ1n) is 12.2. The van der Waals surface area contributed by atoms with Crippen molar-refractivity contribution >= 4 is 50.7 Å². The Bertz CT molecular complexity index is 1410. The number of ether oxygens (including phenoxy) is 1. The Morgan fingerprint density at radius 2 is 1.59 bits per heavy atom. The minimum atomic E-state index is -4.26. The highest BCUT2D eigenvalue weighted by molar-refractivity contribution is 7.92. The van der Waals surface area contributed by atoms with Gasteiger partial charge < -0.3 is 15.0 Å². The van der Waals surface area contributed by atoms with E-state index in [-0.39, 0.29) is 33.8 Å². The van der Waals surface area contributed by atoms with Gasteiger partial charge in [0, 0.05) is 23.6 Å². The molecule has 0 spiro atoms. The van der Waals surface area contributed by atoms with Gasteiger partial charge in [-0.25, -0.2) is 8.42 Å². The summed E-state index contributed by atoms with van der Waals surface area (Å²) in [6, 6.07) is 16.9. The Hall–Kier alpha value is -3.27. The highest BCUT2D eigenvalue weighted by Gasteiger charge is 2.34. The Morgan fingerprint density at radius 3 is 2.15 bits per heavy atom. The molecule has 0 saturated heterocycles. The largest absolute Gasteiger partial charge is 0.495 e. The zero-order valence-corrected chi connectivity index (χ0v) is 24.5. The van der Waals surface area contributed by atoms with Crippen molar-refractivity contribution in [3.8, 4) is 5.75 Å². The Kier molecular flexibility index (Phi) is 10.2. The summed E-state index contributed by atoms with van der Waals surface area (Å²) >= 11 is 12.3. The number of hydrogen-bond donors (Lipinski definition) is 1. The highest BCUT2D eigenvalue weighted by atomic mass is 35.5. The molecule has 0 unspecified atom stereocenters. The normalized spacial score (nSPS) is 11.9. The van der Waals surface area contributed by atoms with Crippen LogP contribution in [-0.2, 0) is 26.2 Å². The fourth-order valence-corrected chi connectivity index (χ4v) is 5.79. The van der Waals surface area contributed by atoms with Gasteiger partial charge in [-0.1, -0.05) is 60.0 Å². The summed E-state index contributed by atoms with van der Waals surface area (Å²) in [6.45, 7) is 3.08. The number of benzene rings is 3. The fourth-order valence-electron chi connectivity index (χ4n) is 4.08. The molecule has 1 atom stereocenters. The van der Waals surface area contributed by atoms with Crippen LogP contribution in [0.4, 0.5) is 5.69 Å². The Labute approximate surface area is 239 Å². The van der Waals surface area contributed by atoms with Crippen LogP contribution >= 0.6 is 23.2 Å². The number of likely N-dealkylation sites (N-methyl/N-ethyl adjacent to an activating group) is 1. The molecule has 0 aliphatic rings. The van der Waals surface area contributed by atoms with Gasteiger partial charge in [0.1, 0.15) is 18.3 Å². The van der Waals surface area contributed by atoms with Crippen molar-refractivity contribution in [1.29, 1.82) is 0 Å². The summed E-state index contributed by atoms with van der Waals surface area (Å²) in [5.74, 6) is -0.739. The van der Waals surface area contributed by atoms with E-state index in [4.69, 9.17) is 27.9 Å². The molecule has 0 fully saturated rings. The number of methoxy groups -OCH3 is 1. The topological polar surface area (TPSA) is 96.0 Å². The second kappa shape index (κ2) is 13.2. The predicted molar refractivity (Wildman–Crippen MR) is 154 cm³/mol. The van der Waals surface area contributed by atoms with Crippen molar-refractivity contribution in [3.63, 3.8) is 0 Å². The zero-order valence-electron chi connectivity index (χ0n) is 22.1. The van der Waals surface area contributed by atoms with Crippen LogP contribution in [0.25, 0.3) is 0 Å². The first-order valence-corrected chi connectivity index (χ1v) is 14.4. The second-order valence-corrected chi connectivity index (χ2v) is 11.6. The van der Waals surface area contributed by atoms with Gasteiger partial charge in [0.15, 0.2) is 0 Å². The zero-order chi connectivity index (χ0) is 28.7. The first-order chi connectivity index (χ1) is 18.5. The van der Waals surface area contributed by atoms with Gasteiger partial charge in [-0.15, -0.1) is 0 Å². The average molecular weight is 593 g/mol. The summed E-state index contributed by atoms with van der Waals surface area (Å²) in [5.41, 5.74) is 1.70. The molecule has 0 heterocycles. The van der Waals surface area contributed by atoms with Crippen LogP contribution in [0.1, 0.15) is 24.5 Å². The Balaban J connectivity index is 2.12. The second-order valence-electron chi connectivity index (χ2n) is 8.83. The van der Waals surface area contributed by atoms with Gasteiger partial charge in [0.25, 0.3) is 10.0 Å². The summed E-state index contributed by atoms with van der Waals surface area (Å²) in [6.07, 6.45) is 0.310. The van der Waals surface area contributed by atoms with Crippen LogP contribution in [0.15, 0.2) is 71.6 Å². The highest BCUT2D eigenvalue weighted by Crippen LogP contribution is 2.35. The van der Waals surface area contributed by atoms with Crippen molar-refractivity contribution in [3.05, 3.63) is 87.9 Å². The molecule has 11 heteroatoms. The number of nitrogens with zero attached hydrogens (tertiary/aromatic N) is 2. The average Bonchev–Trinajstić information content (AvgIpc) is 2.92. The molecule has 208 valence electrons. The lowest BCUT2D eigenvalue weighted by Gasteiger charge is -2.33. The molecule has 2 amide bonds. The predicted octanol–water partition coefficient (Wildman–Crippen LogP) is 5.06. The van der Waals surface area contributed by atoms with E-state index in [0.29, 0.717) is 11.4 Å². The van der Waals surface area contributed by atoms with E-state index in [1.54, 1.807) is 49.4 Å². The van der Waals surface area contributed by atoms with Crippen molar-refractivity contribution in [2.45, 2.75) is 37.8 Å². The van der Waals surface area contributed by atoms with E-state index in [1.165, 1.54) is 43.3 Å². The first kappa shape index (κ1) is 30.3. The van der Waals surface area contributed by atoms with Crippen LogP contribution in [0.3, 0.4) is 0 Å². The number of carbonyl (C=O) groups excluding carboxylic acids is 2. The van der Waals surface area contributed by atoms with E-state index < -0.39 is 28.5 Å². The SMILES string of the molecule is CC[C@H](C(=O)NC)N(Cc1ccc(Cl)cc1)C(=O)CN(c1cc(Cl)ccc1OC)S(=O)(=O)c1ccc(C)cc1. The number of anilines is 1. The maximum Gasteiger partial charge on any atom is 0.264 e. The minimum absolute atomic E-state index is 0.00878. The quantitative estimate of drug-likeness (QED) is 0.336. The van der Waals surface area contributed by atoms with E-state index >= 15 is 0 Å². The van der Waals surface area contributed by atoms with Crippen LogP contribution in [0, 0.1) is 6.92 Å². The number of halogens is 2. The monoisotopic (exact) mass is 591 g/mol. The number of hydrogen-bond acceptors (Lipinski definition) is 5. The number of carbonyl (C=O) groups is 2. The smallest absolute Gasteiger partial charge is 0.264 e. The summed E-state index contributed by atoms with van der Waals surface area (Å²) in [7, 11) is -1.37. The lowest BCUT2D eigenvalue weighted by molar-refractivity contribution is -0.140. The molecular weight excluding hydrogens is 561 g/mol. The number of nitrogens with one attached hydrogen (secondary N) is 1. The standard InChI is InChI=1S/C28H31Cl2N3O5S/c1-5-24(28(35)31-3)32(17-20-8-10-21(29)11-9-20)27(34)18-33(25-16-22(30)12-15-26(25)38-4)39(36,37)23-13-6-19(2)7-14-23/h6-16,24H,5,17-18H2,1-4H3,(H,31,35)/t24-/m1/s1. The van der Waals surface area contributed by atoms with Gasteiger partial charge >= 0.3 is 0 Å². The van der Waals surface area contributed by atoms with E-state index in [2.05, 4.69) is 5.32 Å². The van der Waals surface area contributed by atoms with Crippen LogP contribution in [0.2, 0.25) is 10.0 Å². The Morgan fingerprint density at radius 1 is 0.974 bits per heavy atom. The van der Waals surface area contributed by atoms with Crippen molar-refractivity contribution < 1.29 is 22.7 Å². The maximum absolute atomic E-state index is 14.0. The maximum atomic E-state index is 14.0. The summed E-state index contributed by atoms with van der Waals surface area (Å²) in [5, 5.41) is 3.38. The minimum Gasteiger partial charge on any atom is -0.495 e. The van der Waals surface area contributed by atoms with E-state index in [0.717, 1.165) is 15.4 Å². The van der Waals surface area contributed by atoms with Crippen LogP contribution in [-0.4, -0.2) is 51.9 Å². The third-order valence-electron chi connectivity index (χ3n) is 6.20. The van der Waals surface area contributed by atoms with Crippen molar-refractivity contribution in [1.82, 2.24) is 10.2 Å². The van der Waals surface area contributed by atoms with Crippen LogP contribution < -0.4 is 14.4 Å². The molecule has 0 saturated carbocycles. The summed E-state index contributed by atoms with van der Waals surface area (Å²) in [4.78, 5) is 28.1. The van der Waals surface area contributed by atoms with Crippen molar-refractivity contribution in [2.75, 3.05) is 25.0 Å². The lowest BCUT2D eigenvalue weighted by atomic mass is 10.1. The van der Waals surface area contributed by atoms with Gasteiger partial charge in [0.05, 0.1) is 17.7 Å². The molecule has 1 N–H and O–H groups in total. The molecule has 3 aromatic carbocycles. The summed E-state index contributed by atoms with van der Waals surface area (Å²) < 4.78 is 34.3. The fraction of sp³-hybridized carbons (Fsp3) is 0.286. The lowest BCUT2D eigenvalue weighted by Crippen LogP contribution is -2.51. The third kappa shape index (κ3) is 7.23. The van der Waals surface area contributed by atoms with Gasteiger partial charge in [-0.2, -0.15) is 0 Å².